The summed E-state index contributed by atoms with van der Waals surface area (Å²) in [6, 6.07) is 7.77. The van der Waals surface area contributed by atoms with Crippen molar-refractivity contribution in [2.45, 2.75) is 26.7 Å². The van der Waals surface area contributed by atoms with Gasteiger partial charge in [0.05, 0.1) is 11.9 Å². The molecular weight excluding hydrogens is 333 g/mol. The second kappa shape index (κ2) is 6.25. The molecule has 26 heavy (non-hydrogen) atoms. The highest BCUT2D eigenvalue weighted by Gasteiger charge is 2.14. The molecule has 0 saturated heterocycles. The highest BCUT2D eigenvalue weighted by atomic mass is 19.1. The third-order valence-electron chi connectivity index (χ3n) is 4.57. The average Bonchev–Trinajstić information content (AvgIpc) is 3.18. The summed E-state index contributed by atoms with van der Waals surface area (Å²) in [5.41, 5.74) is 6.04. The van der Waals surface area contributed by atoms with Gasteiger partial charge in [0.1, 0.15) is 5.82 Å². The molecule has 2 N–H and O–H groups in total. The van der Waals surface area contributed by atoms with E-state index in [1.807, 2.05) is 13.8 Å². The van der Waals surface area contributed by atoms with Gasteiger partial charge in [0.15, 0.2) is 5.65 Å². The van der Waals surface area contributed by atoms with Crippen molar-refractivity contribution in [2.75, 3.05) is 0 Å². The summed E-state index contributed by atoms with van der Waals surface area (Å²) in [5.74, 6) is -0.272. The minimum Gasteiger partial charge on any atom is -0.493 e. The van der Waals surface area contributed by atoms with Crippen molar-refractivity contribution in [3.63, 3.8) is 0 Å². The molecule has 4 rings (SSSR count). The van der Waals surface area contributed by atoms with E-state index in [2.05, 4.69) is 20.3 Å². The van der Waals surface area contributed by atoms with Gasteiger partial charge in [0.25, 0.3) is 0 Å². The molecule has 6 nitrogen and oxygen atoms in total. The van der Waals surface area contributed by atoms with Crippen molar-refractivity contribution in [1.29, 1.82) is 0 Å². The molecule has 1 aromatic carbocycles. The first-order valence-electron chi connectivity index (χ1n) is 8.36. The lowest BCUT2D eigenvalue weighted by Gasteiger charge is -2.06. The predicted molar refractivity (Wildman–Crippen MR) is 95.5 cm³/mol. The molecule has 0 aliphatic rings. The van der Waals surface area contributed by atoms with Gasteiger partial charge < -0.3 is 5.11 Å². The quantitative estimate of drug-likeness (QED) is 0.591. The fraction of sp³-hybridized carbons (Fsp3) is 0.211. The topological polar surface area (TPSA) is 79.1 Å². The molecule has 0 bridgehead atoms. The Kier molecular flexibility index (Phi) is 3.91. The van der Waals surface area contributed by atoms with Crippen LogP contribution >= 0.6 is 0 Å². The molecule has 3 heterocycles. The molecule has 0 amide bonds. The third kappa shape index (κ3) is 2.81. The van der Waals surface area contributed by atoms with Crippen LogP contribution in [0.15, 0.2) is 36.5 Å². The molecule has 4 aromatic rings. The van der Waals surface area contributed by atoms with Crippen LogP contribution in [0, 0.1) is 19.7 Å². The summed E-state index contributed by atoms with van der Waals surface area (Å²) in [4.78, 5) is 4.67. The first kappa shape index (κ1) is 16.3. The number of aryl methyl sites for hydroxylation is 3. The van der Waals surface area contributed by atoms with Gasteiger partial charge >= 0.3 is 0 Å². The number of benzene rings is 1. The standard InChI is InChI=1S/C19H18FN5O/c1-11-16(12(2)24-23-11)8-7-15-9-18(26)25-19(22-15)17(10-21-25)13-3-5-14(20)6-4-13/h3-6,9-10,26H,7-8H2,1-2H3,(H,23,24). The predicted octanol–water partition coefficient (Wildman–Crippen LogP) is 3.37. The molecule has 0 spiro atoms. The van der Waals surface area contributed by atoms with Crippen molar-refractivity contribution in [2.24, 2.45) is 0 Å². The number of aromatic hydroxyl groups is 1. The maximum absolute atomic E-state index is 13.2. The maximum Gasteiger partial charge on any atom is 0.215 e. The molecule has 0 atom stereocenters. The van der Waals surface area contributed by atoms with E-state index in [4.69, 9.17) is 0 Å². The van der Waals surface area contributed by atoms with Crippen LogP contribution in [0.3, 0.4) is 0 Å². The molecule has 0 radical (unpaired) electrons. The van der Waals surface area contributed by atoms with E-state index in [1.54, 1.807) is 24.4 Å². The van der Waals surface area contributed by atoms with Gasteiger partial charge in [-0.3, -0.25) is 5.10 Å². The fourth-order valence-corrected chi connectivity index (χ4v) is 3.15. The summed E-state index contributed by atoms with van der Waals surface area (Å²) < 4.78 is 14.6. The Morgan fingerprint density at radius 2 is 1.92 bits per heavy atom. The third-order valence-corrected chi connectivity index (χ3v) is 4.57. The van der Waals surface area contributed by atoms with Gasteiger partial charge in [-0.2, -0.15) is 14.7 Å². The maximum atomic E-state index is 13.2. The monoisotopic (exact) mass is 351 g/mol. The second-order valence-corrected chi connectivity index (χ2v) is 6.32. The van der Waals surface area contributed by atoms with E-state index in [0.29, 0.717) is 12.1 Å². The smallest absolute Gasteiger partial charge is 0.215 e. The lowest BCUT2D eigenvalue weighted by atomic mass is 10.1. The molecular formula is C19H18FN5O. The molecule has 0 aliphatic carbocycles. The number of aromatic nitrogens is 5. The number of hydrogen-bond donors (Lipinski definition) is 2. The molecule has 3 aromatic heterocycles. The Balaban J connectivity index is 1.70. The number of fused-ring (bicyclic) bond motifs is 1. The van der Waals surface area contributed by atoms with Gasteiger partial charge in [-0.05, 0) is 49.9 Å². The number of H-pyrrole nitrogens is 1. The van der Waals surface area contributed by atoms with Gasteiger partial charge in [0.2, 0.25) is 5.88 Å². The fourth-order valence-electron chi connectivity index (χ4n) is 3.15. The average molecular weight is 351 g/mol. The SMILES string of the molecule is Cc1n[nH]c(C)c1CCc1cc(O)n2ncc(-c3ccc(F)cc3)c2n1. The number of rotatable bonds is 4. The minimum absolute atomic E-state index is 0.0269. The zero-order chi connectivity index (χ0) is 18.3. The van der Waals surface area contributed by atoms with Crippen molar-refractivity contribution < 1.29 is 9.50 Å². The molecule has 0 saturated carbocycles. The van der Waals surface area contributed by atoms with Crippen LogP contribution in [0.5, 0.6) is 5.88 Å². The molecule has 7 heteroatoms. The van der Waals surface area contributed by atoms with Crippen LogP contribution in [-0.2, 0) is 12.8 Å². The Labute approximate surface area is 149 Å². The summed E-state index contributed by atoms with van der Waals surface area (Å²) in [7, 11) is 0. The first-order valence-corrected chi connectivity index (χ1v) is 8.36. The van der Waals surface area contributed by atoms with Crippen molar-refractivity contribution in [3.8, 4) is 17.0 Å². The Morgan fingerprint density at radius 1 is 1.15 bits per heavy atom. The van der Waals surface area contributed by atoms with Gasteiger partial charge in [0, 0.05) is 23.0 Å². The highest BCUT2D eigenvalue weighted by molar-refractivity contribution is 5.77. The summed E-state index contributed by atoms with van der Waals surface area (Å²) in [5, 5.41) is 21.7. The number of halogens is 1. The van der Waals surface area contributed by atoms with Gasteiger partial charge in [-0.25, -0.2) is 9.37 Å². The molecule has 132 valence electrons. The van der Waals surface area contributed by atoms with Crippen LogP contribution in [0.4, 0.5) is 4.39 Å². The van der Waals surface area contributed by atoms with E-state index in [0.717, 1.165) is 34.6 Å². The lowest BCUT2D eigenvalue weighted by Crippen LogP contribution is -2.00. The number of hydrogen-bond acceptors (Lipinski definition) is 4. The summed E-state index contributed by atoms with van der Waals surface area (Å²) in [6.45, 7) is 3.96. The van der Waals surface area contributed by atoms with Crippen molar-refractivity contribution >= 4 is 5.65 Å². The van der Waals surface area contributed by atoms with Crippen LogP contribution in [-0.4, -0.2) is 29.9 Å². The first-order chi connectivity index (χ1) is 12.5. The van der Waals surface area contributed by atoms with E-state index >= 15 is 0 Å². The van der Waals surface area contributed by atoms with Crippen LogP contribution in [0.1, 0.15) is 22.6 Å². The highest BCUT2D eigenvalue weighted by Crippen LogP contribution is 2.26. The summed E-state index contributed by atoms with van der Waals surface area (Å²) >= 11 is 0. The molecule has 0 fully saturated rings. The lowest BCUT2D eigenvalue weighted by molar-refractivity contribution is 0.434. The largest absolute Gasteiger partial charge is 0.493 e. The van der Waals surface area contributed by atoms with Gasteiger partial charge in [-0.15, -0.1) is 0 Å². The number of nitrogens with zero attached hydrogens (tertiary/aromatic N) is 4. The van der Waals surface area contributed by atoms with E-state index in [9.17, 15) is 9.50 Å². The van der Waals surface area contributed by atoms with Gasteiger partial charge in [-0.1, -0.05) is 12.1 Å². The van der Waals surface area contributed by atoms with Crippen LogP contribution < -0.4 is 0 Å². The normalized spacial score (nSPS) is 11.3. The zero-order valence-electron chi connectivity index (χ0n) is 14.5. The minimum atomic E-state index is -0.299. The molecule has 0 aliphatic heterocycles. The molecule has 0 unspecified atom stereocenters. The van der Waals surface area contributed by atoms with E-state index in [1.165, 1.54) is 22.2 Å². The van der Waals surface area contributed by atoms with Crippen LogP contribution in [0.25, 0.3) is 16.8 Å². The van der Waals surface area contributed by atoms with Crippen LogP contribution in [0.2, 0.25) is 0 Å². The van der Waals surface area contributed by atoms with Crippen molar-refractivity contribution in [3.05, 3.63) is 65.0 Å². The Bertz CT molecular complexity index is 1060. The number of nitrogens with one attached hydrogen (secondary N) is 1. The second-order valence-electron chi connectivity index (χ2n) is 6.32. The van der Waals surface area contributed by atoms with Crippen molar-refractivity contribution in [1.82, 2.24) is 24.8 Å². The summed E-state index contributed by atoms with van der Waals surface area (Å²) in [6.07, 6.45) is 3.07. The van der Waals surface area contributed by atoms with E-state index < -0.39 is 0 Å². The number of aromatic amines is 1. The Morgan fingerprint density at radius 3 is 2.62 bits per heavy atom. The zero-order valence-corrected chi connectivity index (χ0v) is 14.5. The Hall–Kier alpha value is -3.22. The van der Waals surface area contributed by atoms with E-state index in [-0.39, 0.29) is 11.7 Å².